The fourth-order valence-electron chi connectivity index (χ4n) is 2.88. The van der Waals surface area contributed by atoms with Crippen molar-refractivity contribution in [3.8, 4) is 0 Å². The first-order chi connectivity index (χ1) is 10.8. The lowest BCUT2D eigenvalue weighted by atomic mass is 10.2. The fourth-order valence-corrected chi connectivity index (χ4v) is 7.26. The van der Waals surface area contributed by atoms with Gasteiger partial charge < -0.3 is 4.43 Å². The fraction of sp³-hybridized carbons (Fsp3) is 0.250. The van der Waals surface area contributed by atoms with Crippen molar-refractivity contribution in [1.82, 2.24) is 0 Å². The molecular formula is C20H24O2Si. The van der Waals surface area contributed by atoms with Crippen molar-refractivity contribution in [2.75, 3.05) is 0 Å². The third-order valence-electron chi connectivity index (χ3n) is 4.01. The second-order valence-corrected chi connectivity index (χ2v) is 11.1. The summed E-state index contributed by atoms with van der Waals surface area (Å²) in [5.41, 5.74) is 0.429. The van der Waals surface area contributed by atoms with Gasteiger partial charge in [0.25, 0.3) is 0 Å². The molecule has 2 aromatic carbocycles. The van der Waals surface area contributed by atoms with Crippen LogP contribution in [0.15, 0.2) is 72.8 Å². The van der Waals surface area contributed by atoms with E-state index < -0.39 is 8.32 Å². The first kappa shape index (κ1) is 17.2. The zero-order valence-corrected chi connectivity index (χ0v) is 15.3. The largest absolute Gasteiger partial charge is 0.506 e. The summed E-state index contributed by atoms with van der Waals surface area (Å²) in [7, 11) is -2.79. The quantitative estimate of drug-likeness (QED) is 0.634. The highest BCUT2D eigenvalue weighted by atomic mass is 28.4. The molecule has 23 heavy (non-hydrogen) atoms. The number of hydrogen-bond acceptors (Lipinski definition) is 2. The topological polar surface area (TPSA) is 26.3 Å². The Hall–Kier alpha value is -2.13. The van der Waals surface area contributed by atoms with Crippen LogP contribution >= 0.6 is 0 Å². The minimum absolute atomic E-state index is 0.208. The number of benzene rings is 2. The summed E-state index contributed by atoms with van der Waals surface area (Å²) in [6.45, 7) is 11.9. The van der Waals surface area contributed by atoms with Crippen molar-refractivity contribution in [3.63, 3.8) is 0 Å². The predicted molar refractivity (Wildman–Crippen MR) is 98.5 cm³/mol. The molecule has 0 heterocycles. The monoisotopic (exact) mass is 324 g/mol. The Morgan fingerprint density at radius 2 is 1.30 bits per heavy atom. The molecule has 0 saturated heterocycles. The number of hydrogen-bond donors (Lipinski definition) is 0. The second kappa shape index (κ2) is 6.55. The van der Waals surface area contributed by atoms with Crippen LogP contribution in [0.3, 0.4) is 0 Å². The Morgan fingerprint density at radius 1 is 0.913 bits per heavy atom. The molecule has 0 bridgehead atoms. The van der Waals surface area contributed by atoms with Crippen molar-refractivity contribution >= 4 is 24.7 Å². The summed E-state index contributed by atoms with van der Waals surface area (Å²) < 4.78 is 6.24. The summed E-state index contributed by atoms with van der Waals surface area (Å²) in [5, 5.41) is 1.97. The van der Waals surface area contributed by atoms with Crippen LogP contribution in [-0.4, -0.2) is 14.3 Å². The Labute approximate surface area is 139 Å². The average molecular weight is 324 g/mol. The molecule has 0 saturated carbocycles. The third kappa shape index (κ3) is 3.30. The molecule has 0 radical (unpaired) electrons. The molecule has 0 unspecified atom stereocenters. The van der Waals surface area contributed by atoms with Gasteiger partial charge in [-0.3, -0.25) is 0 Å². The number of rotatable bonds is 4. The molecule has 0 aliphatic carbocycles. The zero-order chi connectivity index (χ0) is 17.1. The minimum Gasteiger partial charge on any atom is -0.506 e. The van der Waals surface area contributed by atoms with Gasteiger partial charge in [0.2, 0.25) is 0 Å². The van der Waals surface area contributed by atoms with Crippen LogP contribution in [0.4, 0.5) is 0 Å². The van der Waals surface area contributed by atoms with Crippen LogP contribution in [0, 0.1) is 0 Å². The van der Waals surface area contributed by atoms with E-state index in [0.29, 0.717) is 5.57 Å². The average Bonchev–Trinajstić information content (AvgIpc) is 2.52. The lowest BCUT2D eigenvalue weighted by Crippen LogP contribution is -2.67. The molecule has 0 atom stereocenters. The SMILES string of the molecule is C=C(C)C(=O)O[Si](c1ccccc1)(c1ccccc1)C(C)(C)C. The number of carbonyl (C=O) groups excluding carboxylic acids is 1. The van der Waals surface area contributed by atoms with Gasteiger partial charge in [-0.15, -0.1) is 0 Å². The smallest absolute Gasteiger partial charge is 0.324 e. The van der Waals surface area contributed by atoms with E-state index in [-0.39, 0.29) is 11.0 Å². The lowest BCUT2D eigenvalue weighted by Gasteiger charge is -2.42. The maximum absolute atomic E-state index is 12.5. The highest BCUT2D eigenvalue weighted by Crippen LogP contribution is 2.37. The van der Waals surface area contributed by atoms with Crippen LogP contribution < -0.4 is 10.4 Å². The normalized spacial score (nSPS) is 11.8. The van der Waals surface area contributed by atoms with Crippen LogP contribution in [0.2, 0.25) is 5.04 Å². The molecule has 120 valence electrons. The Morgan fingerprint density at radius 3 is 1.61 bits per heavy atom. The van der Waals surface area contributed by atoms with Crippen LogP contribution in [-0.2, 0) is 9.22 Å². The highest BCUT2D eigenvalue weighted by molar-refractivity contribution is 7.00. The van der Waals surface area contributed by atoms with Gasteiger partial charge in [0, 0.05) is 5.57 Å². The van der Waals surface area contributed by atoms with Gasteiger partial charge in [-0.05, 0) is 22.3 Å². The van der Waals surface area contributed by atoms with Crippen molar-refractivity contribution in [1.29, 1.82) is 0 Å². The molecule has 2 aromatic rings. The van der Waals surface area contributed by atoms with Crippen molar-refractivity contribution in [2.45, 2.75) is 32.7 Å². The molecule has 2 nitrogen and oxygen atoms in total. The van der Waals surface area contributed by atoms with Gasteiger partial charge in [0.15, 0.2) is 0 Å². The maximum atomic E-state index is 12.5. The van der Waals surface area contributed by atoms with Gasteiger partial charge >= 0.3 is 14.3 Å². The third-order valence-corrected chi connectivity index (χ3v) is 8.91. The molecular weight excluding hydrogens is 300 g/mol. The van der Waals surface area contributed by atoms with Crippen molar-refractivity contribution in [3.05, 3.63) is 72.8 Å². The van der Waals surface area contributed by atoms with E-state index in [1.54, 1.807) is 6.92 Å². The molecule has 0 aliphatic heterocycles. The van der Waals surface area contributed by atoms with Gasteiger partial charge in [-0.25, -0.2) is 4.79 Å². The molecule has 0 spiro atoms. The highest BCUT2D eigenvalue weighted by Gasteiger charge is 2.53. The van der Waals surface area contributed by atoms with Gasteiger partial charge in [0.05, 0.1) is 0 Å². The first-order valence-corrected chi connectivity index (χ1v) is 9.70. The van der Waals surface area contributed by atoms with Crippen molar-refractivity contribution in [2.24, 2.45) is 0 Å². The van der Waals surface area contributed by atoms with Crippen LogP contribution in [0.25, 0.3) is 0 Å². The summed E-state index contributed by atoms with van der Waals surface area (Å²) in [4.78, 5) is 12.5. The summed E-state index contributed by atoms with van der Waals surface area (Å²) in [5.74, 6) is -0.320. The first-order valence-electron chi connectivity index (χ1n) is 7.79. The van der Waals surface area contributed by atoms with Crippen LogP contribution in [0.5, 0.6) is 0 Å². The molecule has 0 N–H and O–H groups in total. The molecule has 0 aliphatic rings. The van der Waals surface area contributed by atoms with Crippen molar-refractivity contribution < 1.29 is 9.22 Å². The Balaban J connectivity index is 2.75. The molecule has 3 heteroatoms. The van der Waals surface area contributed by atoms with Gasteiger partial charge in [0.1, 0.15) is 0 Å². The van der Waals surface area contributed by atoms with E-state index in [9.17, 15) is 4.79 Å². The number of carbonyl (C=O) groups is 1. The van der Waals surface area contributed by atoms with Gasteiger partial charge in [-0.1, -0.05) is 88.0 Å². The van der Waals surface area contributed by atoms with Gasteiger partial charge in [-0.2, -0.15) is 0 Å². The molecule has 0 aromatic heterocycles. The standard InChI is InChI=1S/C20H24O2Si/c1-16(2)19(21)22-23(20(3,4)5,17-12-8-6-9-13-17)18-14-10-7-11-15-18/h6-15H,1H2,2-5H3. The second-order valence-electron chi connectivity index (χ2n) is 6.83. The van der Waals surface area contributed by atoms with E-state index in [2.05, 4.69) is 51.6 Å². The van der Waals surface area contributed by atoms with E-state index in [1.165, 1.54) is 0 Å². The summed E-state index contributed by atoms with van der Waals surface area (Å²) in [6.07, 6.45) is 0. The Bertz CT molecular complexity index is 645. The van der Waals surface area contributed by atoms with E-state index in [0.717, 1.165) is 10.4 Å². The minimum atomic E-state index is -2.79. The van der Waals surface area contributed by atoms with E-state index in [4.69, 9.17) is 4.43 Å². The molecule has 2 rings (SSSR count). The summed E-state index contributed by atoms with van der Waals surface area (Å²) in [6, 6.07) is 20.2. The lowest BCUT2D eigenvalue weighted by molar-refractivity contribution is -0.130. The summed E-state index contributed by atoms with van der Waals surface area (Å²) >= 11 is 0. The van der Waals surface area contributed by atoms with E-state index in [1.807, 2.05) is 36.4 Å². The van der Waals surface area contributed by atoms with E-state index >= 15 is 0 Å². The maximum Gasteiger partial charge on any atom is 0.324 e. The zero-order valence-electron chi connectivity index (χ0n) is 14.3. The molecule has 0 fully saturated rings. The predicted octanol–water partition coefficient (Wildman–Crippen LogP) is 3.67. The Kier molecular flexibility index (Phi) is 4.90. The molecule has 0 amide bonds. The van der Waals surface area contributed by atoms with Crippen LogP contribution in [0.1, 0.15) is 27.7 Å².